The third-order valence-electron chi connectivity index (χ3n) is 4.00. The zero-order valence-corrected chi connectivity index (χ0v) is 16.7. The Hall–Kier alpha value is -3.59. The first-order chi connectivity index (χ1) is 14.1. The van der Waals surface area contributed by atoms with Crippen LogP contribution in [0, 0.1) is 6.92 Å². The normalized spacial score (nSPS) is 10.7. The Morgan fingerprint density at radius 3 is 2.62 bits per heavy atom. The van der Waals surface area contributed by atoms with Crippen LogP contribution in [-0.2, 0) is 0 Å². The minimum absolute atomic E-state index is 0.367. The number of nitrogens with one attached hydrogen (secondary N) is 2. The number of nitrogen functional groups attached to an aromatic ring is 1. The Morgan fingerprint density at radius 1 is 1.03 bits per heavy atom. The van der Waals surface area contributed by atoms with E-state index in [1.807, 2.05) is 61.7 Å². The van der Waals surface area contributed by atoms with Crippen LogP contribution in [0.5, 0.6) is 11.6 Å². The van der Waals surface area contributed by atoms with Gasteiger partial charge in [-0.1, -0.05) is 23.9 Å². The summed E-state index contributed by atoms with van der Waals surface area (Å²) in [5.74, 6) is 2.64. The smallest absolute Gasteiger partial charge is 0.226 e. The molecule has 29 heavy (non-hydrogen) atoms. The number of aryl methyl sites for hydroxylation is 1. The van der Waals surface area contributed by atoms with Crippen molar-refractivity contribution in [1.29, 1.82) is 0 Å². The predicted octanol–water partition coefficient (Wildman–Crippen LogP) is 4.41. The van der Waals surface area contributed by atoms with E-state index in [-0.39, 0.29) is 0 Å². The highest BCUT2D eigenvalue weighted by molar-refractivity contribution is 7.98. The zero-order chi connectivity index (χ0) is 20.2. The topological polar surface area (TPSA) is 115 Å². The predicted molar refractivity (Wildman–Crippen MR) is 115 cm³/mol. The summed E-state index contributed by atoms with van der Waals surface area (Å²) in [4.78, 5) is 11.6. The van der Waals surface area contributed by atoms with E-state index in [0.717, 1.165) is 11.3 Å². The molecule has 0 saturated heterocycles. The first-order valence-electron chi connectivity index (χ1n) is 8.82. The third-order valence-corrected chi connectivity index (χ3v) is 4.55. The summed E-state index contributed by atoms with van der Waals surface area (Å²) in [5.41, 5.74) is 8.78. The van der Waals surface area contributed by atoms with Crippen molar-refractivity contribution in [3.8, 4) is 23.0 Å². The molecule has 0 saturated carbocycles. The molecule has 0 unspecified atom stereocenters. The molecule has 8 nitrogen and oxygen atoms in total. The average molecular weight is 405 g/mol. The van der Waals surface area contributed by atoms with Crippen molar-refractivity contribution in [3.05, 3.63) is 60.2 Å². The number of ether oxygens (including phenoxy) is 1. The summed E-state index contributed by atoms with van der Waals surface area (Å²) < 4.78 is 5.78. The number of aromatic nitrogens is 5. The van der Waals surface area contributed by atoms with Crippen LogP contribution in [0.1, 0.15) is 5.56 Å². The molecule has 0 amide bonds. The molecule has 0 aliphatic rings. The Balaban J connectivity index is 1.47. The summed E-state index contributed by atoms with van der Waals surface area (Å²) in [6.07, 6.45) is 1.88. The third kappa shape index (κ3) is 4.64. The molecular weight excluding hydrogens is 386 g/mol. The van der Waals surface area contributed by atoms with Crippen LogP contribution in [-0.4, -0.2) is 31.4 Å². The first-order valence-corrected chi connectivity index (χ1v) is 10.0. The van der Waals surface area contributed by atoms with Gasteiger partial charge in [-0.15, -0.1) is 10.2 Å². The van der Waals surface area contributed by atoms with Gasteiger partial charge in [-0.05, 0) is 55.1 Å². The van der Waals surface area contributed by atoms with Crippen molar-refractivity contribution < 1.29 is 4.74 Å². The second kappa shape index (κ2) is 8.19. The Morgan fingerprint density at radius 2 is 1.86 bits per heavy atom. The van der Waals surface area contributed by atoms with Crippen molar-refractivity contribution in [1.82, 2.24) is 25.1 Å². The molecule has 0 fully saturated rings. The summed E-state index contributed by atoms with van der Waals surface area (Å²) in [6.45, 7) is 2.04. The van der Waals surface area contributed by atoms with E-state index in [0.29, 0.717) is 34.4 Å². The van der Waals surface area contributed by atoms with Crippen molar-refractivity contribution in [2.24, 2.45) is 0 Å². The van der Waals surface area contributed by atoms with Gasteiger partial charge in [0.2, 0.25) is 11.8 Å². The number of hydrogen-bond acceptors (Lipinski definition) is 8. The highest BCUT2D eigenvalue weighted by Gasteiger charge is 2.08. The fraction of sp³-hybridized carbons (Fsp3) is 0.100. The van der Waals surface area contributed by atoms with Crippen molar-refractivity contribution in [2.45, 2.75) is 12.1 Å². The average Bonchev–Trinajstić information content (AvgIpc) is 3.16. The lowest BCUT2D eigenvalue weighted by molar-refractivity contribution is 0.456. The molecule has 2 heterocycles. The van der Waals surface area contributed by atoms with E-state index >= 15 is 0 Å². The van der Waals surface area contributed by atoms with Gasteiger partial charge in [-0.3, -0.25) is 0 Å². The van der Waals surface area contributed by atoms with Crippen LogP contribution in [0.3, 0.4) is 0 Å². The number of nitrogens with two attached hydrogens (primary N) is 1. The van der Waals surface area contributed by atoms with Gasteiger partial charge in [-0.2, -0.15) is 4.98 Å². The minimum atomic E-state index is 0.367. The van der Waals surface area contributed by atoms with Crippen molar-refractivity contribution in [3.63, 3.8) is 0 Å². The number of hydrogen-bond donors (Lipinski definition) is 3. The molecular formula is C20H19N7OS. The molecule has 0 atom stereocenters. The monoisotopic (exact) mass is 405 g/mol. The molecule has 2 aromatic heterocycles. The van der Waals surface area contributed by atoms with Gasteiger partial charge in [0, 0.05) is 17.3 Å². The maximum absolute atomic E-state index is 5.78. The van der Waals surface area contributed by atoms with Gasteiger partial charge in [-0.25, -0.2) is 4.98 Å². The van der Waals surface area contributed by atoms with E-state index in [4.69, 9.17) is 10.5 Å². The Labute approximate surface area is 172 Å². The number of benzene rings is 2. The lowest BCUT2D eigenvalue weighted by Gasteiger charge is -2.07. The van der Waals surface area contributed by atoms with Gasteiger partial charge >= 0.3 is 0 Å². The number of nitrogens with zero attached hydrogens (tertiary/aromatic N) is 4. The fourth-order valence-corrected chi connectivity index (χ4v) is 3.05. The van der Waals surface area contributed by atoms with Gasteiger partial charge in [0.05, 0.1) is 0 Å². The van der Waals surface area contributed by atoms with Crippen LogP contribution in [0.25, 0.3) is 11.4 Å². The molecule has 0 bridgehead atoms. The molecule has 0 spiro atoms. The maximum atomic E-state index is 5.78. The van der Waals surface area contributed by atoms with Crippen LogP contribution >= 0.6 is 11.8 Å². The maximum Gasteiger partial charge on any atom is 0.226 e. The molecule has 0 radical (unpaired) electrons. The number of rotatable bonds is 6. The summed E-state index contributed by atoms with van der Waals surface area (Å²) in [7, 11) is 0. The molecule has 0 aliphatic heterocycles. The van der Waals surface area contributed by atoms with Gasteiger partial charge in [0.1, 0.15) is 11.6 Å². The highest BCUT2D eigenvalue weighted by atomic mass is 32.2. The minimum Gasteiger partial charge on any atom is -0.439 e. The number of H-pyrrole nitrogens is 1. The molecule has 0 aliphatic carbocycles. The summed E-state index contributed by atoms with van der Waals surface area (Å²) >= 11 is 1.40. The standard InChI is InChI=1S/C20H19N7OS/c1-12-4-3-5-14(10-12)22-19-25-18(26-27-19)13-6-8-15(9-7-13)28-17-11-16(21)23-20(24-17)29-2/h3-11H,1-2H3,(H2,21,23,24)(H2,22,25,26,27). The quantitative estimate of drug-likeness (QED) is 0.319. The summed E-state index contributed by atoms with van der Waals surface area (Å²) in [6, 6.07) is 17.1. The molecule has 4 N–H and O–H groups in total. The zero-order valence-electron chi connectivity index (χ0n) is 15.9. The lowest BCUT2D eigenvalue weighted by Crippen LogP contribution is -1.97. The highest BCUT2D eigenvalue weighted by Crippen LogP contribution is 2.26. The van der Waals surface area contributed by atoms with E-state index in [1.165, 1.54) is 17.3 Å². The molecule has 9 heteroatoms. The molecule has 2 aromatic carbocycles. The molecule has 146 valence electrons. The Kier molecular flexibility index (Phi) is 5.30. The van der Waals surface area contributed by atoms with Crippen LogP contribution < -0.4 is 15.8 Å². The van der Waals surface area contributed by atoms with Gasteiger partial charge in [0.15, 0.2) is 11.0 Å². The van der Waals surface area contributed by atoms with E-state index in [9.17, 15) is 0 Å². The second-order valence-corrected chi connectivity index (χ2v) is 7.03. The number of anilines is 3. The Bertz CT molecular complexity index is 1130. The van der Waals surface area contributed by atoms with Crippen molar-refractivity contribution in [2.75, 3.05) is 17.3 Å². The lowest BCUT2D eigenvalue weighted by atomic mass is 10.2. The van der Waals surface area contributed by atoms with E-state index in [2.05, 4.69) is 30.5 Å². The molecule has 4 rings (SSSR count). The number of aromatic amines is 1. The van der Waals surface area contributed by atoms with Gasteiger partial charge < -0.3 is 20.8 Å². The molecule has 4 aromatic rings. The SMILES string of the molecule is CSc1nc(N)cc(Oc2ccc(-c3nnc(Nc4cccc(C)c4)[nH]3)cc2)n1. The van der Waals surface area contributed by atoms with Crippen LogP contribution in [0.4, 0.5) is 17.5 Å². The largest absolute Gasteiger partial charge is 0.439 e. The van der Waals surface area contributed by atoms with Crippen LogP contribution in [0.15, 0.2) is 59.8 Å². The van der Waals surface area contributed by atoms with Crippen LogP contribution in [0.2, 0.25) is 0 Å². The fourth-order valence-electron chi connectivity index (χ4n) is 2.67. The number of thioether (sulfide) groups is 1. The second-order valence-electron chi connectivity index (χ2n) is 6.26. The van der Waals surface area contributed by atoms with Gasteiger partial charge in [0.25, 0.3) is 0 Å². The summed E-state index contributed by atoms with van der Waals surface area (Å²) in [5, 5.41) is 12.1. The van der Waals surface area contributed by atoms with E-state index in [1.54, 1.807) is 6.07 Å². The van der Waals surface area contributed by atoms with Crippen molar-refractivity contribution >= 4 is 29.2 Å². The first kappa shape index (κ1) is 18.8. The van der Waals surface area contributed by atoms with E-state index < -0.39 is 0 Å².